The van der Waals surface area contributed by atoms with E-state index in [0.717, 1.165) is 37.1 Å². The van der Waals surface area contributed by atoms with Crippen molar-refractivity contribution in [3.63, 3.8) is 0 Å². The Hall–Kier alpha value is -3.89. The lowest BCUT2D eigenvalue weighted by atomic mass is 9.95. The Morgan fingerprint density at radius 1 is 0.773 bits per heavy atom. The number of carboxylic acid groups (broad SMARTS) is 1. The molecule has 2 fully saturated rings. The third kappa shape index (κ3) is 9.06. The standard InChI is InChI=1S/C33H49N7O4/c1-23-13-17-38(18-14-23)31(41)29(7-3-5-27-11-9-25(34)21-36-27)40(33(43)44)30(32(42)39-19-15-24(2)16-20-39)8-4-6-28-12-10-26(35)22-37-28/h9-12,21-24,29-30H,3-8,13-20,34-35H2,1-2H3,(H,43,44)/t29-,30-/m0/s1. The molecular weight excluding hydrogens is 558 g/mol. The van der Waals surface area contributed by atoms with Crippen LogP contribution in [0.15, 0.2) is 36.7 Å². The third-order valence-electron chi connectivity index (χ3n) is 9.17. The lowest BCUT2D eigenvalue weighted by molar-refractivity contribution is -0.144. The van der Waals surface area contributed by atoms with Gasteiger partial charge < -0.3 is 26.4 Å². The number of nitrogen functional groups attached to an aromatic ring is 2. The summed E-state index contributed by atoms with van der Waals surface area (Å²) in [7, 11) is 0. The number of rotatable bonds is 12. The van der Waals surface area contributed by atoms with Gasteiger partial charge in [0.1, 0.15) is 12.1 Å². The van der Waals surface area contributed by atoms with Crippen LogP contribution in [0.25, 0.3) is 0 Å². The van der Waals surface area contributed by atoms with Gasteiger partial charge in [-0.05, 0) is 100 Å². The number of hydrogen-bond donors (Lipinski definition) is 3. The van der Waals surface area contributed by atoms with E-state index in [2.05, 4.69) is 23.8 Å². The molecule has 4 heterocycles. The molecule has 44 heavy (non-hydrogen) atoms. The van der Waals surface area contributed by atoms with E-state index in [1.54, 1.807) is 34.3 Å². The number of hydrogen-bond acceptors (Lipinski definition) is 7. The molecule has 11 nitrogen and oxygen atoms in total. The average molecular weight is 608 g/mol. The van der Waals surface area contributed by atoms with Crippen molar-refractivity contribution in [2.24, 2.45) is 11.8 Å². The van der Waals surface area contributed by atoms with E-state index >= 15 is 0 Å². The minimum absolute atomic E-state index is 0.213. The van der Waals surface area contributed by atoms with Gasteiger partial charge in [0, 0.05) is 37.6 Å². The van der Waals surface area contributed by atoms with E-state index in [-0.39, 0.29) is 11.8 Å². The van der Waals surface area contributed by atoms with Gasteiger partial charge in [0.15, 0.2) is 0 Å². The SMILES string of the molecule is CC1CCN(C(=O)[C@H](CCCc2ccc(N)cn2)N(C(=O)O)[C@@H](CCCc2ccc(N)cn2)C(=O)N2CCC(C)CC2)CC1. The fourth-order valence-electron chi connectivity index (χ4n) is 6.25. The molecule has 0 radical (unpaired) electrons. The van der Waals surface area contributed by atoms with Gasteiger partial charge in [-0.2, -0.15) is 0 Å². The van der Waals surface area contributed by atoms with Crippen LogP contribution < -0.4 is 11.5 Å². The van der Waals surface area contributed by atoms with Crippen LogP contribution >= 0.6 is 0 Å². The number of aromatic nitrogens is 2. The van der Waals surface area contributed by atoms with Gasteiger partial charge in [0.05, 0.1) is 23.8 Å². The lowest BCUT2D eigenvalue weighted by Gasteiger charge is -2.41. The summed E-state index contributed by atoms with van der Waals surface area (Å²) in [5, 5.41) is 10.7. The van der Waals surface area contributed by atoms with Gasteiger partial charge >= 0.3 is 6.09 Å². The highest BCUT2D eigenvalue weighted by Gasteiger charge is 2.42. The molecular formula is C33H49N7O4. The van der Waals surface area contributed by atoms with Crippen LogP contribution in [0.2, 0.25) is 0 Å². The van der Waals surface area contributed by atoms with Crippen molar-refractivity contribution in [2.75, 3.05) is 37.6 Å². The number of aryl methyl sites for hydroxylation is 2. The summed E-state index contributed by atoms with van der Waals surface area (Å²) in [6, 6.07) is 5.33. The van der Waals surface area contributed by atoms with E-state index < -0.39 is 18.2 Å². The number of pyridine rings is 2. The topological polar surface area (TPSA) is 159 Å². The molecule has 2 aliphatic rings. The fraction of sp³-hybridized carbons (Fsp3) is 0.606. The number of carbonyl (C=O) groups is 3. The molecule has 240 valence electrons. The maximum absolute atomic E-state index is 14.2. The minimum atomic E-state index is -1.24. The summed E-state index contributed by atoms with van der Waals surface area (Å²) in [4.78, 5) is 55.0. The molecule has 5 N–H and O–H groups in total. The van der Waals surface area contributed by atoms with Gasteiger partial charge in [-0.25, -0.2) is 4.79 Å². The zero-order valence-corrected chi connectivity index (χ0v) is 26.2. The van der Waals surface area contributed by atoms with Gasteiger partial charge in [0.2, 0.25) is 11.8 Å². The summed E-state index contributed by atoms with van der Waals surface area (Å²) < 4.78 is 0. The number of nitrogens with zero attached hydrogens (tertiary/aromatic N) is 5. The van der Waals surface area contributed by atoms with Gasteiger partial charge in [-0.15, -0.1) is 0 Å². The predicted molar refractivity (Wildman–Crippen MR) is 171 cm³/mol. The number of nitrogens with two attached hydrogens (primary N) is 2. The average Bonchev–Trinajstić information content (AvgIpc) is 3.01. The monoisotopic (exact) mass is 607 g/mol. The van der Waals surface area contributed by atoms with Crippen LogP contribution in [0.1, 0.15) is 76.6 Å². The fourth-order valence-corrected chi connectivity index (χ4v) is 6.25. The summed E-state index contributed by atoms with van der Waals surface area (Å²) in [6.45, 7) is 6.72. The number of piperidine rings is 2. The Bertz CT molecular complexity index is 1130. The molecule has 0 aliphatic carbocycles. The van der Waals surface area contributed by atoms with Crippen LogP contribution in [-0.2, 0) is 22.4 Å². The van der Waals surface area contributed by atoms with E-state index in [4.69, 9.17) is 11.5 Å². The summed E-state index contributed by atoms with van der Waals surface area (Å²) >= 11 is 0. The maximum atomic E-state index is 14.2. The molecule has 2 saturated heterocycles. The minimum Gasteiger partial charge on any atom is -0.465 e. The highest BCUT2D eigenvalue weighted by molar-refractivity contribution is 5.90. The first-order chi connectivity index (χ1) is 21.1. The number of likely N-dealkylation sites (tertiary alicyclic amines) is 2. The Kier molecular flexibility index (Phi) is 11.8. The molecule has 0 unspecified atom stereocenters. The highest BCUT2D eigenvalue weighted by atomic mass is 16.4. The Balaban J connectivity index is 1.60. The van der Waals surface area contributed by atoms with Crippen molar-refractivity contribution >= 4 is 29.3 Å². The van der Waals surface area contributed by atoms with Crippen LogP contribution in [0.5, 0.6) is 0 Å². The largest absolute Gasteiger partial charge is 0.465 e. The van der Waals surface area contributed by atoms with Crippen molar-refractivity contribution in [1.29, 1.82) is 0 Å². The number of anilines is 2. The predicted octanol–water partition coefficient (Wildman–Crippen LogP) is 4.22. The van der Waals surface area contributed by atoms with Gasteiger partial charge in [-0.3, -0.25) is 24.5 Å². The zero-order valence-electron chi connectivity index (χ0n) is 26.2. The van der Waals surface area contributed by atoms with E-state index in [1.807, 2.05) is 12.1 Å². The van der Waals surface area contributed by atoms with Crippen LogP contribution in [0, 0.1) is 11.8 Å². The third-order valence-corrected chi connectivity index (χ3v) is 9.17. The Labute approximate surface area is 261 Å². The van der Waals surface area contributed by atoms with Crippen molar-refractivity contribution in [3.05, 3.63) is 48.0 Å². The van der Waals surface area contributed by atoms with Crippen molar-refractivity contribution in [2.45, 2.75) is 90.1 Å². The second-order valence-electron chi connectivity index (χ2n) is 12.7. The van der Waals surface area contributed by atoms with E-state index in [1.165, 1.54) is 4.90 Å². The van der Waals surface area contributed by atoms with Crippen molar-refractivity contribution < 1.29 is 19.5 Å². The normalized spacial score (nSPS) is 17.7. The first-order valence-corrected chi connectivity index (χ1v) is 16.1. The molecule has 11 heteroatoms. The molecule has 4 rings (SSSR count). The smallest absolute Gasteiger partial charge is 0.408 e. The van der Waals surface area contributed by atoms with Crippen LogP contribution in [-0.4, -0.2) is 85.9 Å². The second kappa shape index (κ2) is 15.7. The molecule has 2 aromatic rings. The van der Waals surface area contributed by atoms with Crippen LogP contribution in [0.3, 0.4) is 0 Å². The Morgan fingerprint density at radius 2 is 1.16 bits per heavy atom. The number of amides is 3. The van der Waals surface area contributed by atoms with E-state index in [0.29, 0.717) is 87.9 Å². The van der Waals surface area contributed by atoms with Gasteiger partial charge in [-0.1, -0.05) is 13.8 Å². The molecule has 2 aromatic heterocycles. The number of carbonyl (C=O) groups excluding carboxylic acids is 2. The van der Waals surface area contributed by atoms with Crippen LogP contribution in [0.4, 0.5) is 16.2 Å². The molecule has 2 atom stereocenters. The summed E-state index contributed by atoms with van der Waals surface area (Å²) in [5.74, 6) is 0.606. The molecule has 0 spiro atoms. The van der Waals surface area contributed by atoms with Gasteiger partial charge in [0.25, 0.3) is 0 Å². The lowest BCUT2D eigenvalue weighted by Crippen LogP contribution is -2.60. The molecule has 0 aromatic carbocycles. The van der Waals surface area contributed by atoms with Crippen molar-refractivity contribution in [3.8, 4) is 0 Å². The summed E-state index contributed by atoms with van der Waals surface area (Å²) in [5.41, 5.74) is 14.4. The highest BCUT2D eigenvalue weighted by Crippen LogP contribution is 2.26. The zero-order chi connectivity index (χ0) is 31.6. The molecule has 3 amide bonds. The van der Waals surface area contributed by atoms with Crippen molar-refractivity contribution in [1.82, 2.24) is 24.7 Å². The van der Waals surface area contributed by atoms with E-state index in [9.17, 15) is 19.5 Å². The molecule has 0 saturated carbocycles. The quantitative estimate of drug-likeness (QED) is 0.323. The Morgan fingerprint density at radius 3 is 1.48 bits per heavy atom. The first-order valence-electron chi connectivity index (χ1n) is 16.1. The maximum Gasteiger partial charge on any atom is 0.408 e. The second-order valence-corrected chi connectivity index (χ2v) is 12.7. The first kappa shape index (κ1) is 33.0. The molecule has 2 aliphatic heterocycles. The summed E-state index contributed by atoms with van der Waals surface area (Å²) in [6.07, 6.45) is 8.28. The molecule has 0 bridgehead atoms.